The van der Waals surface area contributed by atoms with Gasteiger partial charge < -0.3 is 19.2 Å². The Morgan fingerprint density at radius 3 is 2.54 bits per heavy atom. The average molecular weight is 520 g/mol. The van der Waals surface area contributed by atoms with E-state index < -0.39 is 8.32 Å². The minimum atomic E-state index is -1.75. The van der Waals surface area contributed by atoms with Crippen molar-refractivity contribution in [2.24, 2.45) is 5.92 Å². The van der Waals surface area contributed by atoms with Crippen molar-refractivity contribution in [2.75, 3.05) is 25.1 Å². The normalized spacial score (nSPS) is 23.0. The molecule has 9 heteroatoms. The summed E-state index contributed by atoms with van der Waals surface area (Å²) < 4.78 is 19.4. The lowest BCUT2D eigenvalue weighted by atomic mass is 9.92. The second-order valence-corrected chi connectivity index (χ2v) is 16.4. The molecule has 1 N–H and O–H groups in total. The molecule has 1 aliphatic heterocycles. The van der Waals surface area contributed by atoms with Gasteiger partial charge in [0.1, 0.15) is 16.9 Å². The number of ether oxygens (including phenoxy) is 2. The van der Waals surface area contributed by atoms with Gasteiger partial charge in [-0.25, -0.2) is 0 Å². The lowest BCUT2D eigenvalue weighted by Crippen LogP contribution is -2.50. The van der Waals surface area contributed by atoms with Gasteiger partial charge in [0, 0.05) is 26.0 Å². The quantitative estimate of drug-likeness (QED) is 0.454. The van der Waals surface area contributed by atoms with Gasteiger partial charge in [-0.15, -0.1) is 0 Å². The van der Waals surface area contributed by atoms with Crippen LogP contribution in [0.25, 0.3) is 5.69 Å². The molecule has 0 amide bonds. The second kappa shape index (κ2) is 10.6. The van der Waals surface area contributed by atoms with E-state index in [1.807, 2.05) is 24.3 Å². The number of hydrogen-bond acceptors (Lipinski definition) is 6. The first-order valence-corrected chi connectivity index (χ1v) is 15.9. The number of rotatable bonds is 8. The largest absolute Gasteiger partial charge is 0.490 e. The predicted molar refractivity (Wildman–Crippen MR) is 143 cm³/mol. The number of anilines is 1. The Kier molecular flexibility index (Phi) is 7.95. The van der Waals surface area contributed by atoms with Crippen LogP contribution in [-0.4, -0.2) is 50.1 Å². The van der Waals surface area contributed by atoms with E-state index in [0.717, 1.165) is 44.6 Å². The van der Waals surface area contributed by atoms with Crippen LogP contribution < -0.4 is 15.6 Å². The third-order valence-electron chi connectivity index (χ3n) is 7.46. The summed E-state index contributed by atoms with van der Waals surface area (Å²) >= 11 is 6.38. The molecule has 0 bridgehead atoms. The van der Waals surface area contributed by atoms with E-state index in [1.54, 1.807) is 6.20 Å². The first kappa shape index (κ1) is 26.2. The average Bonchev–Trinajstić information content (AvgIpc) is 2.79. The highest BCUT2D eigenvalue weighted by atomic mass is 35.5. The molecule has 0 radical (unpaired) electrons. The molecule has 1 aromatic heterocycles. The zero-order valence-electron chi connectivity index (χ0n) is 21.5. The molecular formula is C26H38ClN3O4Si. The molecule has 1 aromatic carbocycles. The van der Waals surface area contributed by atoms with Crippen molar-refractivity contribution >= 4 is 25.6 Å². The third-order valence-corrected chi connectivity index (χ3v) is 12.4. The highest BCUT2D eigenvalue weighted by Gasteiger charge is 2.43. The van der Waals surface area contributed by atoms with E-state index in [0.29, 0.717) is 23.8 Å². The van der Waals surface area contributed by atoms with E-state index in [4.69, 9.17) is 25.5 Å². The van der Waals surface area contributed by atoms with E-state index in [9.17, 15) is 4.79 Å². The smallest absolute Gasteiger partial charge is 0.292 e. The summed E-state index contributed by atoms with van der Waals surface area (Å²) in [5.41, 5.74) is 0.844. The molecule has 192 valence electrons. The highest BCUT2D eigenvalue weighted by molar-refractivity contribution is 6.74. The van der Waals surface area contributed by atoms with Crippen molar-refractivity contribution < 1.29 is 13.9 Å². The van der Waals surface area contributed by atoms with Crippen LogP contribution >= 0.6 is 11.6 Å². The number of aromatic nitrogens is 2. The van der Waals surface area contributed by atoms with Crippen molar-refractivity contribution in [3.8, 4) is 11.4 Å². The Morgan fingerprint density at radius 2 is 1.91 bits per heavy atom. The van der Waals surface area contributed by atoms with Crippen LogP contribution in [0.1, 0.15) is 46.5 Å². The molecule has 1 atom stereocenters. The van der Waals surface area contributed by atoms with Crippen LogP contribution in [0.4, 0.5) is 5.69 Å². The number of halogens is 1. The molecule has 2 aliphatic rings. The van der Waals surface area contributed by atoms with Crippen LogP contribution in [0, 0.1) is 5.92 Å². The first-order chi connectivity index (χ1) is 16.5. The molecule has 1 aliphatic carbocycles. The maximum absolute atomic E-state index is 12.8. The van der Waals surface area contributed by atoms with Crippen LogP contribution in [-0.2, 0) is 9.16 Å². The van der Waals surface area contributed by atoms with E-state index >= 15 is 0 Å². The molecule has 7 nitrogen and oxygen atoms in total. The summed E-state index contributed by atoms with van der Waals surface area (Å²) in [6, 6.07) is 7.40. The topological polar surface area (TPSA) is 74.6 Å². The van der Waals surface area contributed by atoms with Gasteiger partial charge in [-0.1, -0.05) is 32.4 Å². The summed E-state index contributed by atoms with van der Waals surface area (Å²) in [6.07, 6.45) is 6.03. The summed E-state index contributed by atoms with van der Waals surface area (Å²) in [7, 11) is -1.75. The second-order valence-electron chi connectivity index (χ2n) is 11.3. The Morgan fingerprint density at radius 1 is 1.20 bits per heavy atom. The summed E-state index contributed by atoms with van der Waals surface area (Å²) in [5, 5.41) is 7.93. The van der Waals surface area contributed by atoms with E-state index in [1.165, 1.54) is 4.68 Å². The molecule has 0 unspecified atom stereocenters. The number of hydrogen-bond donors (Lipinski definition) is 1. The van der Waals surface area contributed by atoms with Crippen molar-refractivity contribution in [1.29, 1.82) is 0 Å². The summed E-state index contributed by atoms with van der Waals surface area (Å²) in [5.74, 6) is 1.19. The Balaban J connectivity index is 1.32. The van der Waals surface area contributed by atoms with Crippen molar-refractivity contribution in [2.45, 2.75) is 76.8 Å². The van der Waals surface area contributed by atoms with Gasteiger partial charge in [0.15, 0.2) is 8.32 Å². The van der Waals surface area contributed by atoms with Crippen LogP contribution in [0.2, 0.25) is 23.2 Å². The fraction of sp³-hybridized carbons (Fsp3) is 0.615. The molecule has 1 saturated heterocycles. The lowest BCUT2D eigenvalue weighted by molar-refractivity contribution is -0.00312. The molecule has 2 aromatic rings. The molecule has 2 fully saturated rings. The minimum absolute atomic E-state index is 0.138. The number of nitrogens with zero attached hydrogens (tertiary/aromatic N) is 2. The highest BCUT2D eigenvalue weighted by Crippen LogP contribution is 2.40. The minimum Gasteiger partial charge on any atom is -0.490 e. The zero-order valence-corrected chi connectivity index (χ0v) is 23.2. The van der Waals surface area contributed by atoms with Crippen molar-refractivity contribution in [3.63, 3.8) is 0 Å². The first-order valence-electron chi connectivity index (χ1n) is 12.6. The maximum atomic E-state index is 12.8. The molecule has 4 rings (SSSR count). The van der Waals surface area contributed by atoms with Gasteiger partial charge >= 0.3 is 0 Å². The van der Waals surface area contributed by atoms with Gasteiger partial charge in [0.25, 0.3) is 5.56 Å². The number of nitrogens with one attached hydrogen (secondary N) is 1. The van der Waals surface area contributed by atoms with Crippen molar-refractivity contribution in [1.82, 2.24) is 9.78 Å². The van der Waals surface area contributed by atoms with Gasteiger partial charge in [0.05, 0.1) is 30.3 Å². The Labute approximate surface area is 214 Å². The van der Waals surface area contributed by atoms with Crippen LogP contribution in [0.15, 0.2) is 35.3 Å². The standard InChI is InChI=1S/C26H38ClN3O4Si/c1-26(2,3)35(4,5)34-22-13-21(14-22)33-20-10-8-19(9-11-20)30-25(31)24(27)23(16-29-30)28-15-18-7-6-12-32-17-18/h8-11,16,18,21-22,28H,6-7,12-15,17H2,1-5H3/t18-,21?,22?/m1/s1. The Bertz CT molecular complexity index is 1060. The van der Waals surface area contributed by atoms with Crippen LogP contribution in [0.5, 0.6) is 5.75 Å². The molecule has 35 heavy (non-hydrogen) atoms. The van der Waals surface area contributed by atoms with Crippen molar-refractivity contribution in [3.05, 3.63) is 45.8 Å². The van der Waals surface area contributed by atoms with Gasteiger partial charge in [-0.2, -0.15) is 9.78 Å². The summed E-state index contributed by atoms with van der Waals surface area (Å²) in [4.78, 5) is 12.8. The molecule has 0 spiro atoms. The van der Waals surface area contributed by atoms with Gasteiger partial charge in [-0.3, -0.25) is 4.79 Å². The van der Waals surface area contributed by atoms with Gasteiger partial charge in [-0.05, 0) is 61.2 Å². The maximum Gasteiger partial charge on any atom is 0.292 e. The fourth-order valence-corrected chi connectivity index (χ4v) is 5.70. The third kappa shape index (κ3) is 6.28. The lowest BCUT2D eigenvalue weighted by Gasteiger charge is -2.44. The monoisotopic (exact) mass is 519 g/mol. The molecule has 1 saturated carbocycles. The van der Waals surface area contributed by atoms with E-state index in [-0.39, 0.29) is 27.8 Å². The molecular weight excluding hydrogens is 482 g/mol. The molecule has 2 heterocycles. The Hall–Kier alpha value is -1.87. The van der Waals surface area contributed by atoms with E-state index in [2.05, 4.69) is 44.3 Å². The predicted octanol–water partition coefficient (Wildman–Crippen LogP) is 5.66. The SMILES string of the molecule is CC(C)(C)[Si](C)(C)OC1CC(Oc2ccc(-n3ncc(NC[C@H]4CCCOC4)c(Cl)c3=O)cc2)C1. The fourth-order valence-electron chi connectivity index (χ4n) is 4.12. The zero-order chi connectivity index (χ0) is 25.2. The summed E-state index contributed by atoms with van der Waals surface area (Å²) in [6.45, 7) is 13.6. The number of benzene rings is 1. The van der Waals surface area contributed by atoms with Crippen LogP contribution in [0.3, 0.4) is 0 Å². The van der Waals surface area contributed by atoms with Gasteiger partial charge in [0.2, 0.25) is 0 Å².